The number of benzene rings is 3. The minimum absolute atomic E-state index is 0.109. The van der Waals surface area contributed by atoms with Gasteiger partial charge in [-0.1, -0.05) is 54.6 Å². The molecule has 0 saturated carbocycles. The predicted molar refractivity (Wildman–Crippen MR) is 121 cm³/mol. The molecule has 0 bridgehead atoms. The number of nitro groups is 1. The zero-order chi connectivity index (χ0) is 23.4. The van der Waals surface area contributed by atoms with Crippen LogP contribution in [-0.4, -0.2) is 40.6 Å². The number of carbonyl (C=O) groups is 1. The topological polar surface area (TPSA) is 102 Å². The standard InChI is InChI=1S/C25H24N2O6/c1-32-23-12-21(22(27(30)31)13-24(23)33-16-17-7-3-2-4-8-17)25(29)26-14-19-10-6-5-9-18(19)11-20(26)15-28/h2-10,12-13,20,28H,11,14-16H2,1H3/t20-/m0/s1. The highest BCUT2D eigenvalue weighted by Gasteiger charge is 2.34. The molecule has 1 amide bonds. The number of rotatable bonds is 7. The summed E-state index contributed by atoms with van der Waals surface area (Å²) in [6.45, 7) is 0.201. The van der Waals surface area contributed by atoms with E-state index >= 15 is 0 Å². The van der Waals surface area contributed by atoms with Gasteiger partial charge in [0, 0.05) is 12.6 Å². The largest absolute Gasteiger partial charge is 0.493 e. The molecule has 33 heavy (non-hydrogen) atoms. The summed E-state index contributed by atoms with van der Waals surface area (Å²) in [5, 5.41) is 21.8. The summed E-state index contributed by atoms with van der Waals surface area (Å²) in [5.41, 5.74) is 2.41. The quantitative estimate of drug-likeness (QED) is 0.436. The molecule has 4 rings (SSSR count). The van der Waals surface area contributed by atoms with Crippen LogP contribution in [0.25, 0.3) is 0 Å². The summed E-state index contributed by atoms with van der Waals surface area (Å²) in [6, 6.07) is 19.1. The van der Waals surface area contributed by atoms with E-state index in [4.69, 9.17) is 9.47 Å². The van der Waals surface area contributed by atoms with E-state index in [1.54, 1.807) is 0 Å². The van der Waals surface area contributed by atoms with Gasteiger partial charge in [-0.05, 0) is 23.1 Å². The molecule has 0 radical (unpaired) electrons. The molecule has 3 aromatic carbocycles. The van der Waals surface area contributed by atoms with Crippen molar-refractivity contribution in [2.24, 2.45) is 0 Å². The molecule has 170 valence electrons. The number of methoxy groups -OCH3 is 1. The van der Waals surface area contributed by atoms with Crippen LogP contribution in [0.2, 0.25) is 0 Å². The van der Waals surface area contributed by atoms with Crippen LogP contribution in [0.5, 0.6) is 11.5 Å². The highest BCUT2D eigenvalue weighted by molar-refractivity contribution is 5.99. The summed E-state index contributed by atoms with van der Waals surface area (Å²) < 4.78 is 11.2. The zero-order valence-electron chi connectivity index (χ0n) is 18.1. The molecule has 0 aromatic heterocycles. The first-order valence-electron chi connectivity index (χ1n) is 10.5. The highest BCUT2D eigenvalue weighted by Crippen LogP contribution is 2.37. The van der Waals surface area contributed by atoms with Gasteiger partial charge in [0.2, 0.25) is 0 Å². The number of aliphatic hydroxyl groups is 1. The minimum atomic E-state index is -0.603. The van der Waals surface area contributed by atoms with Gasteiger partial charge in [-0.15, -0.1) is 0 Å². The lowest BCUT2D eigenvalue weighted by Gasteiger charge is -2.36. The van der Waals surface area contributed by atoms with E-state index < -0.39 is 16.9 Å². The van der Waals surface area contributed by atoms with Crippen molar-refractivity contribution in [3.63, 3.8) is 0 Å². The molecule has 1 aliphatic rings. The predicted octanol–water partition coefficient (Wildman–Crippen LogP) is 3.74. The van der Waals surface area contributed by atoms with Crippen LogP contribution >= 0.6 is 0 Å². The fourth-order valence-corrected chi connectivity index (χ4v) is 4.02. The molecule has 1 atom stereocenters. The number of amides is 1. The lowest BCUT2D eigenvalue weighted by molar-refractivity contribution is -0.385. The average Bonchev–Trinajstić information content (AvgIpc) is 2.86. The second-order valence-corrected chi connectivity index (χ2v) is 7.79. The summed E-state index contributed by atoms with van der Waals surface area (Å²) in [7, 11) is 1.42. The Morgan fingerprint density at radius 3 is 2.45 bits per heavy atom. The lowest BCUT2D eigenvalue weighted by atomic mass is 9.93. The van der Waals surface area contributed by atoms with Crippen molar-refractivity contribution in [2.45, 2.75) is 25.6 Å². The van der Waals surface area contributed by atoms with E-state index in [9.17, 15) is 20.0 Å². The second kappa shape index (κ2) is 9.70. The molecular formula is C25H24N2O6. The lowest BCUT2D eigenvalue weighted by Crippen LogP contribution is -2.46. The molecule has 1 aliphatic heterocycles. The van der Waals surface area contributed by atoms with Gasteiger partial charge in [-0.2, -0.15) is 0 Å². The van der Waals surface area contributed by atoms with Crippen LogP contribution in [0, 0.1) is 10.1 Å². The van der Waals surface area contributed by atoms with E-state index in [-0.39, 0.29) is 42.5 Å². The van der Waals surface area contributed by atoms with Crippen molar-refractivity contribution in [2.75, 3.05) is 13.7 Å². The van der Waals surface area contributed by atoms with Gasteiger partial charge in [0.05, 0.1) is 30.7 Å². The second-order valence-electron chi connectivity index (χ2n) is 7.79. The molecular weight excluding hydrogens is 424 g/mol. The number of fused-ring (bicyclic) bond motifs is 1. The van der Waals surface area contributed by atoms with E-state index in [1.165, 1.54) is 24.1 Å². The molecule has 1 heterocycles. The first kappa shape index (κ1) is 22.3. The highest BCUT2D eigenvalue weighted by atomic mass is 16.6. The van der Waals surface area contributed by atoms with E-state index in [0.717, 1.165) is 16.7 Å². The summed E-state index contributed by atoms with van der Waals surface area (Å²) >= 11 is 0. The van der Waals surface area contributed by atoms with Gasteiger partial charge in [-0.25, -0.2) is 0 Å². The first-order valence-corrected chi connectivity index (χ1v) is 10.5. The molecule has 8 nitrogen and oxygen atoms in total. The minimum Gasteiger partial charge on any atom is -0.493 e. The number of hydrogen-bond donors (Lipinski definition) is 1. The number of hydrogen-bond acceptors (Lipinski definition) is 6. The Bertz CT molecular complexity index is 1160. The maximum atomic E-state index is 13.5. The van der Waals surface area contributed by atoms with Crippen LogP contribution in [0.3, 0.4) is 0 Å². The van der Waals surface area contributed by atoms with Crippen molar-refractivity contribution in [1.82, 2.24) is 4.90 Å². The summed E-state index contributed by atoms with van der Waals surface area (Å²) in [5.74, 6) is -0.145. The normalized spacial score (nSPS) is 15.0. The van der Waals surface area contributed by atoms with E-state index in [0.29, 0.717) is 6.42 Å². The third-order valence-corrected chi connectivity index (χ3v) is 5.77. The Morgan fingerprint density at radius 2 is 1.79 bits per heavy atom. The Morgan fingerprint density at radius 1 is 1.09 bits per heavy atom. The van der Waals surface area contributed by atoms with Crippen molar-refractivity contribution < 1.29 is 24.3 Å². The third-order valence-electron chi connectivity index (χ3n) is 5.77. The van der Waals surface area contributed by atoms with Gasteiger partial charge in [0.1, 0.15) is 12.2 Å². The number of ether oxygens (including phenoxy) is 2. The Labute approximate surface area is 191 Å². The smallest absolute Gasteiger partial charge is 0.286 e. The molecule has 0 unspecified atom stereocenters. The van der Waals surface area contributed by atoms with E-state index in [2.05, 4.69) is 0 Å². The molecule has 3 aromatic rings. The molecule has 0 spiro atoms. The summed E-state index contributed by atoms with van der Waals surface area (Å²) in [4.78, 5) is 26.2. The SMILES string of the molecule is COc1cc(C(=O)N2Cc3ccccc3C[C@H]2CO)c([N+](=O)[O-])cc1OCc1ccccc1. The van der Waals surface area contributed by atoms with Crippen molar-refractivity contribution in [1.29, 1.82) is 0 Å². The van der Waals surface area contributed by atoms with Crippen molar-refractivity contribution in [3.8, 4) is 11.5 Å². The summed E-state index contributed by atoms with van der Waals surface area (Å²) in [6.07, 6.45) is 0.474. The van der Waals surface area contributed by atoms with E-state index in [1.807, 2.05) is 54.6 Å². The van der Waals surface area contributed by atoms with Crippen LogP contribution in [0.15, 0.2) is 66.7 Å². The Kier molecular flexibility index (Phi) is 6.55. The average molecular weight is 448 g/mol. The third kappa shape index (κ3) is 4.65. The molecule has 8 heteroatoms. The van der Waals surface area contributed by atoms with Crippen LogP contribution < -0.4 is 9.47 Å². The molecule has 0 aliphatic carbocycles. The van der Waals surface area contributed by atoms with Crippen molar-refractivity contribution in [3.05, 3.63) is 99.1 Å². The zero-order valence-corrected chi connectivity index (χ0v) is 18.1. The van der Waals surface area contributed by atoms with Crippen LogP contribution in [0.4, 0.5) is 5.69 Å². The van der Waals surface area contributed by atoms with Gasteiger partial charge in [-0.3, -0.25) is 14.9 Å². The number of aliphatic hydroxyl groups excluding tert-OH is 1. The fourth-order valence-electron chi connectivity index (χ4n) is 4.02. The molecule has 0 fully saturated rings. The molecule has 1 N–H and O–H groups in total. The molecule has 0 saturated heterocycles. The maximum Gasteiger partial charge on any atom is 0.286 e. The monoisotopic (exact) mass is 448 g/mol. The number of carbonyl (C=O) groups excluding carboxylic acids is 1. The van der Waals surface area contributed by atoms with Crippen molar-refractivity contribution >= 4 is 11.6 Å². The van der Waals surface area contributed by atoms with Gasteiger partial charge >= 0.3 is 0 Å². The fraction of sp³-hybridized carbons (Fsp3) is 0.240. The number of nitrogens with zero attached hydrogens (tertiary/aromatic N) is 2. The number of nitro benzene ring substituents is 1. The van der Waals surface area contributed by atoms with Crippen LogP contribution in [0.1, 0.15) is 27.0 Å². The Balaban J connectivity index is 1.67. The van der Waals surface area contributed by atoms with Gasteiger partial charge in [0.25, 0.3) is 11.6 Å². The van der Waals surface area contributed by atoms with Gasteiger partial charge < -0.3 is 19.5 Å². The van der Waals surface area contributed by atoms with Crippen LogP contribution in [-0.2, 0) is 19.6 Å². The first-order chi connectivity index (χ1) is 16.0. The Hall–Kier alpha value is -3.91. The van der Waals surface area contributed by atoms with Gasteiger partial charge in [0.15, 0.2) is 11.5 Å². The maximum absolute atomic E-state index is 13.5.